The monoisotopic (exact) mass is 282 g/mol. The molecule has 0 amide bonds. The standard InChI is InChI=1S/C7H4ClIO2/c8-5-2-7(11)6(9)1-4(5)3-10/h1-3,11H. The maximum Gasteiger partial charge on any atom is 0.151 e. The van der Waals surface area contributed by atoms with Crippen LogP contribution in [-0.4, -0.2) is 11.4 Å². The van der Waals surface area contributed by atoms with Gasteiger partial charge in [0.05, 0.1) is 8.59 Å². The van der Waals surface area contributed by atoms with Crippen LogP contribution in [0, 0.1) is 3.57 Å². The third-order valence-corrected chi connectivity index (χ3v) is 2.38. The fourth-order valence-corrected chi connectivity index (χ4v) is 1.34. The summed E-state index contributed by atoms with van der Waals surface area (Å²) < 4.78 is 0.620. The van der Waals surface area contributed by atoms with Gasteiger partial charge in [0.15, 0.2) is 6.29 Å². The molecular formula is C7H4ClIO2. The molecule has 1 N–H and O–H groups in total. The number of aromatic hydroxyl groups is 1. The van der Waals surface area contributed by atoms with Crippen LogP contribution in [0.4, 0.5) is 0 Å². The van der Waals surface area contributed by atoms with Gasteiger partial charge in [-0.2, -0.15) is 0 Å². The molecule has 0 aliphatic heterocycles. The third-order valence-electron chi connectivity index (χ3n) is 1.19. The molecule has 0 aliphatic carbocycles. The van der Waals surface area contributed by atoms with Crippen molar-refractivity contribution in [2.75, 3.05) is 0 Å². The number of benzene rings is 1. The van der Waals surface area contributed by atoms with Crippen LogP contribution in [0.3, 0.4) is 0 Å². The number of phenolic OH excluding ortho intramolecular Hbond substituents is 1. The van der Waals surface area contributed by atoms with Crippen LogP contribution in [-0.2, 0) is 0 Å². The average Bonchev–Trinajstić information content (AvgIpc) is 1.97. The van der Waals surface area contributed by atoms with Crippen molar-refractivity contribution < 1.29 is 9.90 Å². The van der Waals surface area contributed by atoms with Gasteiger partial charge in [0.2, 0.25) is 0 Å². The minimum Gasteiger partial charge on any atom is -0.507 e. The SMILES string of the molecule is O=Cc1cc(I)c(O)cc1Cl. The first-order chi connectivity index (χ1) is 5.15. The summed E-state index contributed by atoms with van der Waals surface area (Å²) in [6.45, 7) is 0. The van der Waals surface area contributed by atoms with E-state index in [1.54, 1.807) is 0 Å². The molecule has 4 heteroatoms. The zero-order chi connectivity index (χ0) is 8.43. The van der Waals surface area contributed by atoms with Crippen molar-refractivity contribution in [1.29, 1.82) is 0 Å². The zero-order valence-corrected chi connectivity index (χ0v) is 8.26. The topological polar surface area (TPSA) is 37.3 Å². The van der Waals surface area contributed by atoms with Crippen molar-refractivity contribution in [3.8, 4) is 5.75 Å². The van der Waals surface area contributed by atoms with Crippen molar-refractivity contribution in [3.63, 3.8) is 0 Å². The Morgan fingerprint density at radius 1 is 1.55 bits per heavy atom. The highest BCUT2D eigenvalue weighted by Crippen LogP contribution is 2.26. The molecule has 0 radical (unpaired) electrons. The molecule has 0 bridgehead atoms. The Morgan fingerprint density at radius 2 is 2.18 bits per heavy atom. The van der Waals surface area contributed by atoms with Crippen molar-refractivity contribution in [2.45, 2.75) is 0 Å². The molecule has 0 saturated carbocycles. The van der Waals surface area contributed by atoms with Crippen molar-refractivity contribution >= 4 is 40.5 Å². The van der Waals surface area contributed by atoms with E-state index in [1.165, 1.54) is 12.1 Å². The predicted octanol–water partition coefficient (Wildman–Crippen LogP) is 2.46. The van der Waals surface area contributed by atoms with E-state index < -0.39 is 0 Å². The van der Waals surface area contributed by atoms with Crippen LogP contribution in [0.1, 0.15) is 10.4 Å². The quantitative estimate of drug-likeness (QED) is 0.634. The Morgan fingerprint density at radius 3 is 2.73 bits per heavy atom. The molecule has 1 aromatic rings. The second-order valence-electron chi connectivity index (χ2n) is 1.94. The van der Waals surface area contributed by atoms with Gasteiger partial charge in [-0.3, -0.25) is 4.79 Å². The van der Waals surface area contributed by atoms with Gasteiger partial charge in [0.25, 0.3) is 0 Å². The number of carbonyl (C=O) groups is 1. The van der Waals surface area contributed by atoms with Crippen LogP contribution in [0.2, 0.25) is 5.02 Å². The normalized spacial score (nSPS) is 9.64. The lowest BCUT2D eigenvalue weighted by Crippen LogP contribution is -1.83. The number of carbonyl (C=O) groups excluding carboxylic acids is 1. The third kappa shape index (κ3) is 1.84. The molecule has 0 aromatic heterocycles. The lowest BCUT2D eigenvalue weighted by Gasteiger charge is -1.99. The lowest BCUT2D eigenvalue weighted by atomic mass is 10.2. The summed E-state index contributed by atoms with van der Waals surface area (Å²) in [5.74, 6) is 0.0983. The minimum absolute atomic E-state index is 0.0983. The van der Waals surface area contributed by atoms with Gasteiger partial charge in [0, 0.05) is 11.6 Å². The van der Waals surface area contributed by atoms with E-state index >= 15 is 0 Å². The largest absolute Gasteiger partial charge is 0.507 e. The maximum absolute atomic E-state index is 10.3. The first-order valence-electron chi connectivity index (χ1n) is 2.78. The Kier molecular flexibility index (Phi) is 2.72. The van der Waals surface area contributed by atoms with Gasteiger partial charge in [-0.05, 0) is 28.7 Å². The Labute approximate surface area is 82.3 Å². The summed E-state index contributed by atoms with van der Waals surface area (Å²) in [6.07, 6.45) is 0.657. The molecule has 1 aromatic carbocycles. The molecule has 2 nitrogen and oxygen atoms in total. The summed E-state index contributed by atoms with van der Waals surface area (Å²) >= 11 is 7.53. The van der Waals surface area contributed by atoms with E-state index in [-0.39, 0.29) is 10.8 Å². The Hall–Kier alpha value is -0.290. The van der Waals surface area contributed by atoms with Crippen LogP contribution >= 0.6 is 34.2 Å². The first kappa shape index (κ1) is 8.80. The molecule has 0 spiro atoms. The molecule has 0 unspecified atom stereocenters. The highest BCUT2D eigenvalue weighted by atomic mass is 127. The van der Waals surface area contributed by atoms with Gasteiger partial charge in [-0.15, -0.1) is 0 Å². The van der Waals surface area contributed by atoms with Gasteiger partial charge < -0.3 is 5.11 Å². The van der Waals surface area contributed by atoms with E-state index in [1.807, 2.05) is 22.6 Å². The van der Waals surface area contributed by atoms with Gasteiger partial charge >= 0.3 is 0 Å². The van der Waals surface area contributed by atoms with Crippen molar-refractivity contribution in [1.82, 2.24) is 0 Å². The fraction of sp³-hybridized carbons (Fsp3) is 0. The van der Waals surface area contributed by atoms with E-state index in [0.717, 1.165) is 0 Å². The summed E-state index contributed by atoms with van der Waals surface area (Å²) in [5.41, 5.74) is 0.397. The molecular weight excluding hydrogens is 278 g/mol. The molecule has 0 atom stereocenters. The number of hydrogen-bond acceptors (Lipinski definition) is 2. The molecule has 0 saturated heterocycles. The highest BCUT2D eigenvalue weighted by molar-refractivity contribution is 14.1. The molecule has 1 rings (SSSR count). The van der Waals surface area contributed by atoms with Gasteiger partial charge in [-0.25, -0.2) is 0 Å². The molecule has 58 valence electrons. The smallest absolute Gasteiger partial charge is 0.151 e. The predicted molar refractivity (Wildman–Crippen MR) is 51.2 cm³/mol. The van der Waals surface area contributed by atoms with E-state index in [4.69, 9.17) is 16.7 Å². The van der Waals surface area contributed by atoms with E-state index in [2.05, 4.69) is 0 Å². The van der Waals surface area contributed by atoms with Crippen LogP contribution in [0.15, 0.2) is 12.1 Å². The lowest BCUT2D eigenvalue weighted by molar-refractivity contribution is 0.112. The number of phenols is 1. The number of aldehydes is 1. The molecule has 11 heavy (non-hydrogen) atoms. The Balaban J connectivity index is 3.31. The first-order valence-corrected chi connectivity index (χ1v) is 4.24. The van der Waals surface area contributed by atoms with Crippen LogP contribution in [0.25, 0.3) is 0 Å². The van der Waals surface area contributed by atoms with Crippen LogP contribution in [0.5, 0.6) is 5.75 Å². The highest BCUT2D eigenvalue weighted by Gasteiger charge is 2.03. The number of rotatable bonds is 1. The van der Waals surface area contributed by atoms with E-state index in [9.17, 15) is 4.79 Å². The Bertz CT molecular complexity index is 299. The van der Waals surface area contributed by atoms with Gasteiger partial charge in [0.1, 0.15) is 5.75 Å². The van der Waals surface area contributed by atoms with Crippen molar-refractivity contribution in [3.05, 3.63) is 26.3 Å². The zero-order valence-electron chi connectivity index (χ0n) is 5.34. The minimum atomic E-state index is 0.0983. The summed E-state index contributed by atoms with van der Waals surface area (Å²) in [5, 5.41) is 9.39. The molecule has 0 heterocycles. The maximum atomic E-state index is 10.3. The summed E-state index contributed by atoms with van der Waals surface area (Å²) in [7, 11) is 0. The second-order valence-corrected chi connectivity index (χ2v) is 3.51. The van der Waals surface area contributed by atoms with Crippen molar-refractivity contribution in [2.24, 2.45) is 0 Å². The van der Waals surface area contributed by atoms with Gasteiger partial charge in [-0.1, -0.05) is 11.6 Å². The number of hydrogen-bond donors (Lipinski definition) is 1. The second kappa shape index (κ2) is 3.40. The average molecular weight is 282 g/mol. The number of halogens is 2. The van der Waals surface area contributed by atoms with Crippen LogP contribution < -0.4 is 0 Å². The summed E-state index contributed by atoms with van der Waals surface area (Å²) in [4.78, 5) is 10.3. The summed E-state index contributed by atoms with van der Waals surface area (Å²) in [6, 6.07) is 2.89. The molecule has 0 fully saturated rings. The molecule has 0 aliphatic rings. The fourth-order valence-electron chi connectivity index (χ4n) is 0.642. The van der Waals surface area contributed by atoms with E-state index in [0.29, 0.717) is 15.4 Å².